The predicted molar refractivity (Wildman–Crippen MR) is 93.6 cm³/mol. The van der Waals surface area contributed by atoms with Crippen LogP contribution < -0.4 is 5.32 Å². The molecular formula is C17H21N5O4. The van der Waals surface area contributed by atoms with Crippen molar-refractivity contribution in [3.8, 4) is 0 Å². The van der Waals surface area contributed by atoms with Crippen molar-refractivity contribution in [3.05, 3.63) is 41.7 Å². The molecule has 0 saturated carbocycles. The first-order valence-electron chi connectivity index (χ1n) is 7.99. The molecule has 1 aromatic heterocycles. The fourth-order valence-electron chi connectivity index (χ4n) is 2.12. The Balaban J connectivity index is 1.96. The molecule has 0 aliphatic carbocycles. The third kappa shape index (κ3) is 5.13. The Kier molecular flexibility index (Phi) is 6.05. The Morgan fingerprint density at radius 3 is 2.46 bits per heavy atom. The molecule has 0 aliphatic rings. The van der Waals surface area contributed by atoms with Gasteiger partial charge in [0.25, 0.3) is 5.91 Å². The van der Waals surface area contributed by atoms with Crippen LogP contribution in [0.25, 0.3) is 0 Å². The number of carbonyl (C=O) groups excluding carboxylic acids is 2. The maximum Gasteiger partial charge on any atom is 0.306 e. The predicted octanol–water partition coefficient (Wildman–Crippen LogP) is 0.882. The normalized spacial score (nSPS) is 11.7. The Labute approximate surface area is 150 Å². The highest BCUT2D eigenvalue weighted by molar-refractivity contribution is 6.02. The van der Waals surface area contributed by atoms with Crippen LogP contribution in [0.5, 0.6) is 0 Å². The van der Waals surface area contributed by atoms with Crippen LogP contribution in [-0.2, 0) is 22.6 Å². The van der Waals surface area contributed by atoms with Crippen LogP contribution in [0.3, 0.4) is 0 Å². The van der Waals surface area contributed by atoms with Gasteiger partial charge in [-0.3, -0.25) is 14.4 Å². The van der Waals surface area contributed by atoms with Crippen LogP contribution in [-0.4, -0.2) is 56.9 Å². The van der Waals surface area contributed by atoms with E-state index in [1.54, 1.807) is 45.3 Å². The summed E-state index contributed by atoms with van der Waals surface area (Å²) in [4.78, 5) is 36.1. The number of hydrogen-bond acceptors (Lipinski definition) is 5. The van der Waals surface area contributed by atoms with E-state index in [0.29, 0.717) is 12.1 Å². The van der Waals surface area contributed by atoms with E-state index in [1.807, 2.05) is 0 Å². The average Bonchev–Trinajstić information content (AvgIpc) is 3.05. The summed E-state index contributed by atoms with van der Waals surface area (Å²) >= 11 is 0. The summed E-state index contributed by atoms with van der Waals surface area (Å²) in [6.07, 6.45) is 1.82. The van der Waals surface area contributed by atoms with Gasteiger partial charge in [-0.2, -0.15) is 0 Å². The Bertz CT molecular complexity index is 798. The van der Waals surface area contributed by atoms with Gasteiger partial charge in [0.05, 0.1) is 12.1 Å². The number of carbonyl (C=O) groups is 3. The molecular weight excluding hydrogens is 338 g/mol. The van der Waals surface area contributed by atoms with Crippen LogP contribution >= 0.6 is 0 Å². The van der Waals surface area contributed by atoms with E-state index in [-0.39, 0.29) is 18.1 Å². The molecule has 0 fully saturated rings. The lowest BCUT2D eigenvalue weighted by atomic mass is 10.0. The molecule has 9 heteroatoms. The fourth-order valence-corrected chi connectivity index (χ4v) is 2.12. The van der Waals surface area contributed by atoms with Gasteiger partial charge in [-0.25, -0.2) is 4.68 Å². The second-order valence-electron chi connectivity index (χ2n) is 6.18. The number of rotatable bonds is 7. The van der Waals surface area contributed by atoms with Crippen LogP contribution in [0.1, 0.15) is 23.0 Å². The van der Waals surface area contributed by atoms with Gasteiger partial charge in [0.2, 0.25) is 5.91 Å². The minimum absolute atomic E-state index is 0.00371. The number of carboxylic acids is 1. The maximum absolute atomic E-state index is 12.2. The fraction of sp³-hybridized carbons (Fsp3) is 0.353. The van der Waals surface area contributed by atoms with Crippen LogP contribution in [0.15, 0.2) is 30.5 Å². The van der Waals surface area contributed by atoms with E-state index in [2.05, 4.69) is 15.6 Å². The molecule has 2 N–H and O–H groups in total. The van der Waals surface area contributed by atoms with Gasteiger partial charge in [0, 0.05) is 19.8 Å². The number of amides is 2. The second-order valence-corrected chi connectivity index (χ2v) is 6.18. The van der Waals surface area contributed by atoms with Gasteiger partial charge < -0.3 is 15.3 Å². The Hall–Kier alpha value is -3.23. The summed E-state index contributed by atoms with van der Waals surface area (Å²) < 4.78 is 1.30. The molecule has 2 amide bonds. The maximum atomic E-state index is 12.2. The van der Waals surface area contributed by atoms with E-state index in [0.717, 1.165) is 5.56 Å². The van der Waals surface area contributed by atoms with Crippen molar-refractivity contribution in [2.24, 2.45) is 5.92 Å². The molecule has 0 bridgehead atoms. The van der Waals surface area contributed by atoms with E-state index in [9.17, 15) is 14.4 Å². The van der Waals surface area contributed by atoms with Crippen LogP contribution in [0.4, 0.5) is 5.69 Å². The van der Waals surface area contributed by atoms with Crippen molar-refractivity contribution in [1.29, 1.82) is 0 Å². The number of aliphatic carboxylic acids is 1. The highest BCUT2D eigenvalue weighted by Crippen LogP contribution is 2.14. The standard InChI is InChI=1S/C17H21N5O4/c1-11(17(25)26)8-12-4-6-13(7-5-12)18-16(24)14-9-22(20-19-14)10-15(23)21(2)3/h4-7,9,11H,8,10H2,1-3H3,(H,18,24)(H,25,26). The number of aromatic nitrogens is 3. The molecule has 138 valence electrons. The van der Waals surface area contributed by atoms with E-state index in [4.69, 9.17) is 5.11 Å². The lowest BCUT2D eigenvalue weighted by Crippen LogP contribution is -2.26. The van der Waals surface area contributed by atoms with Gasteiger partial charge in [-0.15, -0.1) is 5.10 Å². The first-order valence-corrected chi connectivity index (χ1v) is 7.99. The number of nitrogens with zero attached hydrogens (tertiary/aromatic N) is 4. The minimum atomic E-state index is -0.849. The van der Waals surface area contributed by atoms with Crippen LogP contribution in [0, 0.1) is 5.92 Å². The van der Waals surface area contributed by atoms with E-state index in [1.165, 1.54) is 15.8 Å². The number of hydrogen-bond donors (Lipinski definition) is 2. The number of likely N-dealkylation sites (N-methyl/N-ethyl adjacent to an activating group) is 1. The van der Waals surface area contributed by atoms with Crippen molar-refractivity contribution in [2.45, 2.75) is 19.9 Å². The molecule has 1 aromatic carbocycles. The summed E-state index contributed by atoms with van der Waals surface area (Å²) in [5, 5.41) is 19.2. The Morgan fingerprint density at radius 1 is 1.23 bits per heavy atom. The minimum Gasteiger partial charge on any atom is -0.481 e. The molecule has 9 nitrogen and oxygen atoms in total. The Morgan fingerprint density at radius 2 is 1.88 bits per heavy atom. The zero-order valence-corrected chi connectivity index (χ0v) is 14.8. The first-order chi connectivity index (χ1) is 12.3. The molecule has 1 unspecified atom stereocenters. The lowest BCUT2D eigenvalue weighted by Gasteiger charge is -2.09. The second kappa shape index (κ2) is 8.24. The van der Waals surface area contributed by atoms with Crippen LogP contribution in [0.2, 0.25) is 0 Å². The SMILES string of the molecule is CC(Cc1ccc(NC(=O)c2cn(CC(=O)N(C)C)nn2)cc1)C(=O)O. The molecule has 26 heavy (non-hydrogen) atoms. The summed E-state index contributed by atoms with van der Waals surface area (Å²) in [6.45, 7) is 1.64. The van der Waals surface area contributed by atoms with E-state index < -0.39 is 17.8 Å². The van der Waals surface area contributed by atoms with Gasteiger partial charge in [0.1, 0.15) is 6.54 Å². The molecule has 2 rings (SSSR count). The van der Waals surface area contributed by atoms with Crippen molar-refractivity contribution < 1.29 is 19.5 Å². The van der Waals surface area contributed by atoms with Crippen molar-refractivity contribution >= 4 is 23.5 Å². The van der Waals surface area contributed by atoms with Gasteiger partial charge in [-0.05, 0) is 24.1 Å². The molecule has 0 spiro atoms. The lowest BCUT2D eigenvalue weighted by molar-refractivity contribution is -0.141. The number of carboxylic acid groups (broad SMARTS) is 1. The molecule has 0 aliphatic heterocycles. The van der Waals surface area contributed by atoms with Crippen molar-refractivity contribution in [3.63, 3.8) is 0 Å². The highest BCUT2D eigenvalue weighted by Gasteiger charge is 2.14. The molecule has 2 aromatic rings. The third-order valence-electron chi connectivity index (χ3n) is 3.74. The largest absolute Gasteiger partial charge is 0.481 e. The van der Waals surface area contributed by atoms with E-state index >= 15 is 0 Å². The molecule has 0 saturated heterocycles. The highest BCUT2D eigenvalue weighted by atomic mass is 16.4. The zero-order valence-electron chi connectivity index (χ0n) is 14.8. The topological polar surface area (TPSA) is 117 Å². The molecule has 1 atom stereocenters. The molecule has 1 heterocycles. The number of benzene rings is 1. The van der Waals surface area contributed by atoms with Crippen molar-refractivity contribution in [2.75, 3.05) is 19.4 Å². The van der Waals surface area contributed by atoms with Gasteiger partial charge in [0.15, 0.2) is 5.69 Å². The summed E-state index contributed by atoms with van der Waals surface area (Å²) in [5.74, 6) is -1.93. The quantitative estimate of drug-likeness (QED) is 0.758. The third-order valence-corrected chi connectivity index (χ3v) is 3.74. The monoisotopic (exact) mass is 359 g/mol. The first kappa shape index (κ1) is 19.1. The summed E-state index contributed by atoms with van der Waals surface area (Å²) in [5.41, 5.74) is 1.52. The summed E-state index contributed by atoms with van der Waals surface area (Å²) in [7, 11) is 3.27. The zero-order chi connectivity index (χ0) is 19.3. The van der Waals surface area contributed by atoms with Gasteiger partial charge in [-0.1, -0.05) is 24.3 Å². The number of anilines is 1. The summed E-state index contributed by atoms with van der Waals surface area (Å²) in [6, 6.07) is 6.92. The van der Waals surface area contributed by atoms with Gasteiger partial charge >= 0.3 is 5.97 Å². The smallest absolute Gasteiger partial charge is 0.306 e. The number of nitrogens with one attached hydrogen (secondary N) is 1. The molecule has 0 radical (unpaired) electrons. The van der Waals surface area contributed by atoms with Crippen molar-refractivity contribution in [1.82, 2.24) is 19.9 Å². The average molecular weight is 359 g/mol.